The van der Waals surface area contributed by atoms with Gasteiger partial charge in [-0.1, -0.05) is 23.7 Å². The lowest BCUT2D eigenvalue weighted by molar-refractivity contribution is 0.367. The average Bonchev–Trinajstić information content (AvgIpc) is 2.90. The molecule has 0 aliphatic rings. The van der Waals surface area contributed by atoms with Gasteiger partial charge in [0.05, 0.1) is 4.34 Å². The standard InChI is InChI=1S/C15H15ClN2OS/c1-11(14-5-6-15(16)20-14)18-10-12-3-2-4-13(9-12)19-8-7-17/h2-6,9,11,18H,8,10H2,1H3. The maximum absolute atomic E-state index is 8.50. The van der Waals surface area contributed by atoms with E-state index in [4.69, 9.17) is 21.6 Å². The first-order chi connectivity index (χ1) is 9.69. The minimum atomic E-state index is 0.0704. The quantitative estimate of drug-likeness (QED) is 0.871. The van der Waals surface area contributed by atoms with E-state index in [-0.39, 0.29) is 12.6 Å². The lowest BCUT2D eigenvalue weighted by Gasteiger charge is -2.12. The minimum Gasteiger partial charge on any atom is -0.479 e. The molecule has 0 aliphatic heterocycles. The molecule has 1 heterocycles. The van der Waals surface area contributed by atoms with Gasteiger partial charge in [-0.15, -0.1) is 11.3 Å². The predicted molar refractivity (Wildman–Crippen MR) is 82.1 cm³/mol. The number of hydrogen-bond acceptors (Lipinski definition) is 4. The van der Waals surface area contributed by atoms with Crippen molar-refractivity contribution in [2.75, 3.05) is 6.61 Å². The van der Waals surface area contributed by atoms with Gasteiger partial charge in [-0.3, -0.25) is 0 Å². The predicted octanol–water partition coefficient (Wildman–Crippen LogP) is 4.15. The maximum Gasteiger partial charge on any atom is 0.174 e. The Labute approximate surface area is 127 Å². The molecule has 0 amide bonds. The molecule has 5 heteroatoms. The molecule has 1 unspecified atom stereocenters. The second kappa shape index (κ2) is 7.30. The van der Waals surface area contributed by atoms with Gasteiger partial charge in [0.25, 0.3) is 0 Å². The third kappa shape index (κ3) is 4.24. The fourth-order valence-electron chi connectivity index (χ4n) is 1.79. The molecule has 1 N–H and O–H groups in total. The number of rotatable bonds is 6. The number of halogens is 1. The zero-order valence-electron chi connectivity index (χ0n) is 11.1. The number of nitrogens with zero attached hydrogens (tertiary/aromatic N) is 1. The molecule has 0 bridgehead atoms. The number of hydrogen-bond donors (Lipinski definition) is 1. The number of nitriles is 1. The van der Waals surface area contributed by atoms with Crippen molar-refractivity contribution in [1.29, 1.82) is 5.26 Å². The Morgan fingerprint density at radius 3 is 2.95 bits per heavy atom. The first-order valence-electron chi connectivity index (χ1n) is 6.26. The Morgan fingerprint density at radius 1 is 1.40 bits per heavy atom. The first kappa shape index (κ1) is 14.9. The highest BCUT2D eigenvalue weighted by Crippen LogP contribution is 2.26. The van der Waals surface area contributed by atoms with Crippen molar-refractivity contribution in [3.05, 3.63) is 51.2 Å². The Bertz CT molecular complexity index is 606. The van der Waals surface area contributed by atoms with E-state index >= 15 is 0 Å². The van der Waals surface area contributed by atoms with Crippen LogP contribution in [0.25, 0.3) is 0 Å². The molecule has 0 aliphatic carbocycles. The van der Waals surface area contributed by atoms with Crippen molar-refractivity contribution in [2.45, 2.75) is 19.5 Å². The molecule has 1 aromatic carbocycles. The molecule has 0 saturated carbocycles. The Balaban J connectivity index is 1.92. The van der Waals surface area contributed by atoms with E-state index in [0.29, 0.717) is 0 Å². The van der Waals surface area contributed by atoms with E-state index in [9.17, 15) is 0 Å². The van der Waals surface area contributed by atoms with E-state index in [1.165, 1.54) is 4.88 Å². The van der Waals surface area contributed by atoms with E-state index in [0.717, 1.165) is 22.2 Å². The number of benzene rings is 1. The van der Waals surface area contributed by atoms with Crippen molar-refractivity contribution < 1.29 is 4.74 Å². The summed E-state index contributed by atoms with van der Waals surface area (Å²) in [6.07, 6.45) is 0. The summed E-state index contributed by atoms with van der Waals surface area (Å²) in [4.78, 5) is 1.21. The number of nitrogens with one attached hydrogen (secondary N) is 1. The molecule has 0 saturated heterocycles. The molecule has 0 radical (unpaired) electrons. The van der Waals surface area contributed by atoms with Crippen LogP contribution in [0.3, 0.4) is 0 Å². The van der Waals surface area contributed by atoms with Crippen LogP contribution in [0.5, 0.6) is 5.75 Å². The minimum absolute atomic E-state index is 0.0704. The molecule has 1 atom stereocenters. The van der Waals surface area contributed by atoms with Gasteiger partial charge in [-0.2, -0.15) is 5.26 Å². The summed E-state index contributed by atoms with van der Waals surface area (Å²) in [5.41, 5.74) is 1.12. The Kier molecular flexibility index (Phi) is 5.42. The third-order valence-electron chi connectivity index (χ3n) is 2.83. The van der Waals surface area contributed by atoms with Crippen molar-refractivity contribution in [3.8, 4) is 11.8 Å². The van der Waals surface area contributed by atoms with Crippen LogP contribution in [0.2, 0.25) is 4.34 Å². The highest BCUT2D eigenvalue weighted by Gasteiger charge is 2.07. The summed E-state index contributed by atoms with van der Waals surface area (Å²) in [6, 6.07) is 13.9. The van der Waals surface area contributed by atoms with Gasteiger partial charge < -0.3 is 10.1 Å². The summed E-state index contributed by atoms with van der Waals surface area (Å²) in [6.45, 7) is 2.92. The molecular weight excluding hydrogens is 292 g/mol. The first-order valence-corrected chi connectivity index (χ1v) is 7.46. The summed E-state index contributed by atoms with van der Waals surface area (Å²) < 4.78 is 6.09. The van der Waals surface area contributed by atoms with E-state index in [1.807, 2.05) is 42.5 Å². The maximum atomic E-state index is 8.50. The molecule has 0 fully saturated rings. The van der Waals surface area contributed by atoms with Crippen LogP contribution >= 0.6 is 22.9 Å². The summed E-state index contributed by atoms with van der Waals surface area (Å²) >= 11 is 7.53. The summed E-state index contributed by atoms with van der Waals surface area (Å²) in [7, 11) is 0. The van der Waals surface area contributed by atoms with Crippen LogP contribution in [0, 0.1) is 11.3 Å². The third-order valence-corrected chi connectivity index (χ3v) is 4.25. The second-order valence-electron chi connectivity index (χ2n) is 4.34. The topological polar surface area (TPSA) is 45.0 Å². The molecule has 2 rings (SSSR count). The number of thiophene rings is 1. The van der Waals surface area contributed by atoms with E-state index in [2.05, 4.69) is 12.2 Å². The van der Waals surface area contributed by atoms with Crippen molar-refractivity contribution in [3.63, 3.8) is 0 Å². The zero-order valence-corrected chi connectivity index (χ0v) is 12.7. The molecule has 0 spiro atoms. The SMILES string of the molecule is CC(NCc1cccc(OCC#N)c1)c1ccc(Cl)s1. The van der Waals surface area contributed by atoms with Crippen LogP contribution in [0.15, 0.2) is 36.4 Å². The molecule has 1 aromatic heterocycles. The lowest BCUT2D eigenvalue weighted by Crippen LogP contribution is -2.17. The van der Waals surface area contributed by atoms with Gasteiger partial charge in [-0.25, -0.2) is 0 Å². The molecule has 3 nitrogen and oxygen atoms in total. The van der Waals surface area contributed by atoms with Gasteiger partial charge in [0.15, 0.2) is 6.61 Å². The van der Waals surface area contributed by atoms with Gasteiger partial charge >= 0.3 is 0 Å². The fraction of sp³-hybridized carbons (Fsp3) is 0.267. The van der Waals surface area contributed by atoms with Crippen molar-refractivity contribution in [1.82, 2.24) is 5.32 Å². The lowest BCUT2D eigenvalue weighted by atomic mass is 10.2. The van der Waals surface area contributed by atoms with Crippen LogP contribution in [0.1, 0.15) is 23.4 Å². The van der Waals surface area contributed by atoms with Gasteiger partial charge in [0.1, 0.15) is 11.8 Å². The summed E-state index contributed by atoms with van der Waals surface area (Å²) in [5.74, 6) is 0.720. The summed E-state index contributed by atoms with van der Waals surface area (Å²) in [5, 5.41) is 11.9. The molecular formula is C15H15ClN2OS. The monoisotopic (exact) mass is 306 g/mol. The second-order valence-corrected chi connectivity index (χ2v) is 6.09. The zero-order chi connectivity index (χ0) is 14.4. The van der Waals surface area contributed by atoms with Crippen LogP contribution < -0.4 is 10.1 Å². The van der Waals surface area contributed by atoms with Crippen LogP contribution in [-0.4, -0.2) is 6.61 Å². The normalized spacial score (nSPS) is 11.8. The van der Waals surface area contributed by atoms with Gasteiger partial charge in [0, 0.05) is 17.5 Å². The van der Waals surface area contributed by atoms with Crippen molar-refractivity contribution >= 4 is 22.9 Å². The van der Waals surface area contributed by atoms with E-state index < -0.39 is 0 Å². The van der Waals surface area contributed by atoms with Crippen molar-refractivity contribution in [2.24, 2.45) is 0 Å². The fourth-order valence-corrected chi connectivity index (χ4v) is 2.88. The van der Waals surface area contributed by atoms with Crippen LogP contribution in [0.4, 0.5) is 0 Å². The number of ether oxygens (including phenoxy) is 1. The highest BCUT2D eigenvalue weighted by molar-refractivity contribution is 7.16. The Hall–Kier alpha value is -1.54. The van der Waals surface area contributed by atoms with Crippen LogP contribution in [-0.2, 0) is 6.54 Å². The van der Waals surface area contributed by atoms with Gasteiger partial charge in [0.2, 0.25) is 0 Å². The Morgan fingerprint density at radius 2 is 2.25 bits per heavy atom. The highest BCUT2D eigenvalue weighted by atomic mass is 35.5. The molecule has 104 valence electrons. The van der Waals surface area contributed by atoms with E-state index in [1.54, 1.807) is 11.3 Å². The average molecular weight is 307 g/mol. The van der Waals surface area contributed by atoms with Gasteiger partial charge in [-0.05, 0) is 36.8 Å². The molecule has 20 heavy (non-hydrogen) atoms. The molecule has 2 aromatic rings. The smallest absolute Gasteiger partial charge is 0.174 e. The largest absolute Gasteiger partial charge is 0.479 e.